The van der Waals surface area contributed by atoms with E-state index in [1.807, 2.05) is 22.9 Å². The predicted octanol–water partition coefficient (Wildman–Crippen LogP) is 3.23. The number of nitrogen functional groups attached to an aromatic ring is 1. The zero-order valence-corrected chi connectivity index (χ0v) is 10.1. The number of imidazole rings is 1. The molecule has 1 heterocycles. The average Bonchev–Trinajstić information content (AvgIpc) is 2.71. The SMILES string of the molecule is CC(C)c1cn(-c2ccc(Cl)c(N)c2)cn1. The third-order valence-corrected chi connectivity index (χ3v) is 2.82. The third kappa shape index (κ3) is 2.04. The number of rotatable bonds is 2. The highest BCUT2D eigenvalue weighted by Crippen LogP contribution is 2.22. The van der Waals surface area contributed by atoms with E-state index in [1.165, 1.54) is 0 Å². The molecule has 0 aliphatic heterocycles. The normalized spacial score (nSPS) is 11.0. The molecule has 2 N–H and O–H groups in total. The monoisotopic (exact) mass is 235 g/mol. The van der Waals surface area contributed by atoms with Crippen LogP contribution in [0.4, 0.5) is 5.69 Å². The van der Waals surface area contributed by atoms with Crippen LogP contribution >= 0.6 is 11.6 Å². The lowest BCUT2D eigenvalue weighted by Gasteiger charge is -2.04. The summed E-state index contributed by atoms with van der Waals surface area (Å²) in [6.45, 7) is 4.23. The maximum Gasteiger partial charge on any atom is 0.0995 e. The Bertz CT molecular complexity index is 503. The maximum absolute atomic E-state index is 5.87. The number of nitrogens with zero attached hydrogens (tertiary/aromatic N) is 2. The molecule has 0 spiro atoms. The fourth-order valence-corrected chi connectivity index (χ4v) is 1.59. The van der Waals surface area contributed by atoms with Gasteiger partial charge in [-0.1, -0.05) is 25.4 Å². The van der Waals surface area contributed by atoms with Crippen LogP contribution in [-0.2, 0) is 0 Å². The van der Waals surface area contributed by atoms with Gasteiger partial charge in [-0.3, -0.25) is 0 Å². The van der Waals surface area contributed by atoms with Crippen LogP contribution in [0.3, 0.4) is 0 Å². The molecule has 3 nitrogen and oxygen atoms in total. The van der Waals surface area contributed by atoms with E-state index in [4.69, 9.17) is 17.3 Å². The lowest BCUT2D eigenvalue weighted by atomic mass is 10.2. The molecule has 0 unspecified atom stereocenters. The van der Waals surface area contributed by atoms with Crippen LogP contribution < -0.4 is 5.73 Å². The molecule has 1 aromatic carbocycles. The van der Waals surface area contributed by atoms with Crippen molar-refractivity contribution >= 4 is 17.3 Å². The van der Waals surface area contributed by atoms with Gasteiger partial charge in [-0.05, 0) is 24.1 Å². The van der Waals surface area contributed by atoms with Gasteiger partial charge in [-0.25, -0.2) is 4.98 Å². The highest BCUT2D eigenvalue weighted by atomic mass is 35.5. The minimum atomic E-state index is 0.422. The fourth-order valence-electron chi connectivity index (χ4n) is 1.47. The van der Waals surface area contributed by atoms with E-state index < -0.39 is 0 Å². The summed E-state index contributed by atoms with van der Waals surface area (Å²) in [4.78, 5) is 4.33. The summed E-state index contributed by atoms with van der Waals surface area (Å²) in [5.41, 5.74) is 8.38. The average molecular weight is 236 g/mol. The lowest BCUT2D eigenvalue weighted by Crippen LogP contribution is -1.93. The van der Waals surface area contributed by atoms with E-state index >= 15 is 0 Å². The van der Waals surface area contributed by atoms with Crippen LogP contribution in [-0.4, -0.2) is 9.55 Å². The first-order valence-corrected chi connectivity index (χ1v) is 5.55. The van der Waals surface area contributed by atoms with Crippen molar-refractivity contribution in [2.75, 3.05) is 5.73 Å². The van der Waals surface area contributed by atoms with Crippen LogP contribution in [0, 0.1) is 0 Å². The van der Waals surface area contributed by atoms with Crippen molar-refractivity contribution in [2.45, 2.75) is 19.8 Å². The van der Waals surface area contributed by atoms with Crippen molar-refractivity contribution in [2.24, 2.45) is 0 Å². The van der Waals surface area contributed by atoms with E-state index in [2.05, 4.69) is 18.8 Å². The molecular formula is C12H14ClN3. The minimum absolute atomic E-state index is 0.422. The second kappa shape index (κ2) is 4.18. The molecule has 84 valence electrons. The summed E-state index contributed by atoms with van der Waals surface area (Å²) in [5, 5.41) is 0.577. The Morgan fingerprint density at radius 1 is 1.38 bits per heavy atom. The number of benzene rings is 1. The van der Waals surface area contributed by atoms with Crippen molar-refractivity contribution in [1.29, 1.82) is 0 Å². The Morgan fingerprint density at radius 3 is 2.69 bits per heavy atom. The van der Waals surface area contributed by atoms with Gasteiger partial charge in [-0.2, -0.15) is 0 Å². The maximum atomic E-state index is 5.87. The Morgan fingerprint density at radius 2 is 2.12 bits per heavy atom. The van der Waals surface area contributed by atoms with Crippen molar-refractivity contribution in [3.05, 3.63) is 41.4 Å². The summed E-state index contributed by atoms with van der Waals surface area (Å²) in [7, 11) is 0. The second-order valence-electron chi connectivity index (χ2n) is 4.07. The molecule has 0 bridgehead atoms. The summed E-state index contributed by atoms with van der Waals surface area (Å²) >= 11 is 5.87. The number of nitrogens with two attached hydrogens (primary N) is 1. The van der Waals surface area contributed by atoms with Gasteiger partial charge in [0.15, 0.2) is 0 Å². The molecule has 16 heavy (non-hydrogen) atoms. The van der Waals surface area contributed by atoms with Gasteiger partial charge >= 0.3 is 0 Å². The summed E-state index contributed by atoms with van der Waals surface area (Å²) in [6.07, 6.45) is 3.80. The Hall–Kier alpha value is -1.48. The van der Waals surface area contributed by atoms with Gasteiger partial charge in [0.25, 0.3) is 0 Å². The highest BCUT2D eigenvalue weighted by Gasteiger charge is 2.05. The first kappa shape index (κ1) is 11.0. The van der Waals surface area contributed by atoms with E-state index in [0.717, 1.165) is 11.4 Å². The smallest absolute Gasteiger partial charge is 0.0995 e. The zero-order chi connectivity index (χ0) is 11.7. The van der Waals surface area contributed by atoms with Crippen LogP contribution in [0.1, 0.15) is 25.5 Å². The van der Waals surface area contributed by atoms with E-state index in [-0.39, 0.29) is 0 Å². The first-order valence-electron chi connectivity index (χ1n) is 5.17. The fraction of sp³-hybridized carbons (Fsp3) is 0.250. The van der Waals surface area contributed by atoms with E-state index in [1.54, 1.807) is 12.4 Å². The van der Waals surface area contributed by atoms with Gasteiger partial charge < -0.3 is 10.3 Å². The number of hydrogen-bond donors (Lipinski definition) is 1. The number of halogens is 1. The van der Waals surface area contributed by atoms with E-state index in [0.29, 0.717) is 16.6 Å². The Labute approximate surface area is 99.9 Å². The zero-order valence-electron chi connectivity index (χ0n) is 9.31. The topological polar surface area (TPSA) is 43.8 Å². The van der Waals surface area contributed by atoms with Gasteiger partial charge in [-0.15, -0.1) is 0 Å². The van der Waals surface area contributed by atoms with Gasteiger partial charge in [0.1, 0.15) is 0 Å². The van der Waals surface area contributed by atoms with Crippen molar-refractivity contribution in [1.82, 2.24) is 9.55 Å². The molecule has 4 heteroatoms. The quantitative estimate of drug-likeness (QED) is 0.813. The van der Waals surface area contributed by atoms with E-state index in [9.17, 15) is 0 Å². The standard InChI is InChI=1S/C12H14ClN3/c1-8(2)12-6-16(7-15-12)9-3-4-10(13)11(14)5-9/h3-8H,14H2,1-2H3. The highest BCUT2D eigenvalue weighted by molar-refractivity contribution is 6.33. The Kier molecular flexibility index (Phi) is 2.88. The summed E-state index contributed by atoms with van der Waals surface area (Å²) < 4.78 is 1.95. The number of anilines is 1. The summed E-state index contributed by atoms with van der Waals surface area (Å²) in [6, 6.07) is 5.56. The van der Waals surface area contributed by atoms with Gasteiger partial charge in [0.2, 0.25) is 0 Å². The molecular weight excluding hydrogens is 222 g/mol. The largest absolute Gasteiger partial charge is 0.397 e. The first-order chi connectivity index (χ1) is 7.58. The predicted molar refractivity (Wildman–Crippen MR) is 67.1 cm³/mol. The molecule has 0 aliphatic rings. The molecule has 0 saturated heterocycles. The summed E-state index contributed by atoms with van der Waals surface area (Å²) in [5.74, 6) is 0.422. The molecule has 0 fully saturated rings. The third-order valence-electron chi connectivity index (χ3n) is 2.47. The lowest BCUT2D eigenvalue weighted by molar-refractivity contribution is 0.831. The molecule has 0 amide bonds. The van der Waals surface area contributed by atoms with Crippen molar-refractivity contribution < 1.29 is 0 Å². The number of aromatic nitrogens is 2. The molecule has 0 saturated carbocycles. The molecule has 2 rings (SSSR count). The van der Waals surface area contributed by atoms with Crippen LogP contribution in [0.5, 0.6) is 0 Å². The van der Waals surface area contributed by atoms with Crippen molar-refractivity contribution in [3.63, 3.8) is 0 Å². The van der Waals surface area contributed by atoms with Crippen LogP contribution in [0.2, 0.25) is 5.02 Å². The number of hydrogen-bond acceptors (Lipinski definition) is 2. The Balaban J connectivity index is 2.39. The minimum Gasteiger partial charge on any atom is -0.397 e. The van der Waals surface area contributed by atoms with Gasteiger partial charge in [0, 0.05) is 11.9 Å². The van der Waals surface area contributed by atoms with Gasteiger partial charge in [0.05, 0.1) is 22.7 Å². The molecule has 0 radical (unpaired) electrons. The molecule has 2 aromatic rings. The molecule has 0 aliphatic carbocycles. The second-order valence-corrected chi connectivity index (χ2v) is 4.47. The van der Waals surface area contributed by atoms with Crippen LogP contribution in [0.15, 0.2) is 30.7 Å². The van der Waals surface area contributed by atoms with Crippen molar-refractivity contribution in [3.8, 4) is 5.69 Å². The van der Waals surface area contributed by atoms with Crippen LogP contribution in [0.25, 0.3) is 5.69 Å². The molecule has 1 aromatic heterocycles. The molecule has 0 atom stereocenters.